The Balaban J connectivity index is 1.84. The molecule has 3 aromatic rings. The topological polar surface area (TPSA) is 75.6 Å². The summed E-state index contributed by atoms with van der Waals surface area (Å²) in [7, 11) is 0. The van der Waals surface area contributed by atoms with Crippen molar-refractivity contribution in [1.29, 1.82) is 0 Å². The zero-order valence-electron chi connectivity index (χ0n) is 15.3. The first-order valence-electron chi connectivity index (χ1n) is 8.68. The average molecular weight is 373 g/mol. The molecule has 5 nitrogen and oxygen atoms in total. The Morgan fingerprint density at radius 1 is 0.893 bits per heavy atom. The number of hydrogen-bond donors (Lipinski definition) is 2. The van der Waals surface area contributed by atoms with Crippen molar-refractivity contribution >= 4 is 23.6 Å². The van der Waals surface area contributed by atoms with Gasteiger partial charge in [-0.1, -0.05) is 48.5 Å². The Hall–Kier alpha value is -3.86. The summed E-state index contributed by atoms with van der Waals surface area (Å²) < 4.78 is 5.73. The van der Waals surface area contributed by atoms with Crippen LogP contribution in [0.3, 0.4) is 0 Å². The lowest BCUT2D eigenvalue weighted by Gasteiger charge is -2.12. The smallest absolute Gasteiger partial charge is 0.337 e. The number of anilines is 1. The second kappa shape index (κ2) is 8.68. The number of nitrogens with one attached hydrogen (secondary N) is 1. The summed E-state index contributed by atoms with van der Waals surface area (Å²) in [4.78, 5) is 24.1. The molecule has 2 N–H and O–H groups in total. The highest BCUT2D eigenvalue weighted by Gasteiger charge is 2.15. The molecule has 0 heterocycles. The molecule has 1 amide bonds. The van der Waals surface area contributed by atoms with Crippen LogP contribution in [0.5, 0.6) is 11.5 Å². The van der Waals surface area contributed by atoms with Gasteiger partial charge in [0.2, 0.25) is 0 Å². The van der Waals surface area contributed by atoms with E-state index in [1.807, 2.05) is 48.5 Å². The third kappa shape index (κ3) is 4.86. The average Bonchev–Trinajstić information content (AvgIpc) is 2.69. The number of amides is 1. The molecule has 0 saturated carbocycles. The number of para-hydroxylation sites is 1. The van der Waals surface area contributed by atoms with Crippen molar-refractivity contribution in [3.63, 3.8) is 0 Å². The molecule has 0 aromatic heterocycles. The van der Waals surface area contributed by atoms with Gasteiger partial charge in [0.1, 0.15) is 11.5 Å². The highest BCUT2D eigenvalue weighted by molar-refractivity contribution is 6.09. The van der Waals surface area contributed by atoms with E-state index in [2.05, 4.69) is 5.32 Å². The molecule has 3 rings (SSSR count). The van der Waals surface area contributed by atoms with Crippen LogP contribution in [-0.2, 0) is 4.79 Å². The Morgan fingerprint density at radius 2 is 1.54 bits per heavy atom. The third-order valence-corrected chi connectivity index (χ3v) is 3.99. The first-order valence-corrected chi connectivity index (χ1v) is 8.68. The molecule has 0 bridgehead atoms. The Labute approximate surface area is 162 Å². The summed E-state index contributed by atoms with van der Waals surface area (Å²) in [5.41, 5.74) is 1.50. The van der Waals surface area contributed by atoms with E-state index in [1.165, 1.54) is 12.1 Å². The SMILES string of the molecule is CC(=Cc1ccccc1)C(=O)Nc1cc(Oc2ccccc2)ccc1C(=O)O. The number of carboxylic acids is 1. The van der Waals surface area contributed by atoms with E-state index >= 15 is 0 Å². The van der Waals surface area contributed by atoms with Crippen LogP contribution in [0.25, 0.3) is 6.08 Å². The van der Waals surface area contributed by atoms with Gasteiger partial charge in [-0.3, -0.25) is 4.79 Å². The van der Waals surface area contributed by atoms with Crippen LogP contribution in [0.2, 0.25) is 0 Å². The molecule has 28 heavy (non-hydrogen) atoms. The molecule has 0 radical (unpaired) electrons. The molecular formula is C23H19NO4. The molecule has 0 spiro atoms. The molecule has 0 fully saturated rings. The van der Waals surface area contributed by atoms with Crippen molar-refractivity contribution < 1.29 is 19.4 Å². The van der Waals surface area contributed by atoms with Gasteiger partial charge < -0.3 is 15.2 Å². The number of carbonyl (C=O) groups excluding carboxylic acids is 1. The first kappa shape index (κ1) is 18.9. The minimum atomic E-state index is -1.13. The second-order valence-corrected chi connectivity index (χ2v) is 6.12. The van der Waals surface area contributed by atoms with E-state index in [0.717, 1.165) is 5.56 Å². The molecule has 0 unspecified atom stereocenters. The molecule has 0 aliphatic carbocycles. The van der Waals surface area contributed by atoms with Crippen molar-refractivity contribution in [2.75, 3.05) is 5.32 Å². The molecule has 0 aliphatic rings. The highest BCUT2D eigenvalue weighted by atomic mass is 16.5. The number of hydrogen-bond acceptors (Lipinski definition) is 3. The highest BCUT2D eigenvalue weighted by Crippen LogP contribution is 2.27. The molecule has 0 atom stereocenters. The zero-order valence-corrected chi connectivity index (χ0v) is 15.3. The normalized spacial score (nSPS) is 11.0. The number of aromatic carboxylic acids is 1. The molecule has 140 valence electrons. The maximum Gasteiger partial charge on any atom is 0.337 e. The van der Waals surface area contributed by atoms with Crippen molar-refractivity contribution in [2.45, 2.75) is 6.92 Å². The Kier molecular flexibility index (Phi) is 5.87. The number of ether oxygens (including phenoxy) is 1. The molecular weight excluding hydrogens is 354 g/mol. The van der Waals surface area contributed by atoms with Gasteiger partial charge in [0, 0.05) is 11.6 Å². The van der Waals surface area contributed by atoms with Crippen molar-refractivity contribution in [3.05, 3.63) is 95.6 Å². The van der Waals surface area contributed by atoms with Crippen LogP contribution < -0.4 is 10.1 Å². The standard InChI is InChI=1S/C23H19NO4/c1-16(14-17-8-4-2-5-9-17)22(25)24-21-15-19(12-13-20(21)23(26)27)28-18-10-6-3-7-11-18/h2-15H,1H3,(H,24,25)(H,26,27). The van der Waals surface area contributed by atoms with E-state index in [0.29, 0.717) is 17.1 Å². The predicted molar refractivity (Wildman–Crippen MR) is 109 cm³/mol. The fourth-order valence-electron chi connectivity index (χ4n) is 2.59. The first-order chi connectivity index (χ1) is 13.5. The van der Waals surface area contributed by atoms with Crippen molar-refractivity contribution in [2.24, 2.45) is 0 Å². The van der Waals surface area contributed by atoms with Gasteiger partial charge in [0.05, 0.1) is 11.3 Å². The minimum absolute atomic E-state index is 0.0127. The van der Waals surface area contributed by atoms with Crippen LogP contribution >= 0.6 is 0 Å². The Morgan fingerprint density at radius 3 is 2.18 bits per heavy atom. The fourth-order valence-corrected chi connectivity index (χ4v) is 2.59. The van der Waals surface area contributed by atoms with Crippen molar-refractivity contribution in [1.82, 2.24) is 0 Å². The van der Waals surface area contributed by atoms with Crippen LogP contribution in [0.15, 0.2) is 84.4 Å². The van der Waals surface area contributed by atoms with Crippen molar-refractivity contribution in [3.8, 4) is 11.5 Å². The molecule has 5 heteroatoms. The number of carboxylic acid groups (broad SMARTS) is 1. The lowest BCUT2D eigenvalue weighted by molar-refractivity contribution is -0.112. The number of benzene rings is 3. The molecule has 0 saturated heterocycles. The lowest BCUT2D eigenvalue weighted by atomic mass is 10.1. The van der Waals surface area contributed by atoms with Crippen LogP contribution in [0, 0.1) is 0 Å². The quantitative estimate of drug-likeness (QED) is 0.581. The lowest BCUT2D eigenvalue weighted by Crippen LogP contribution is -2.15. The fraction of sp³-hybridized carbons (Fsp3) is 0.0435. The van der Waals surface area contributed by atoms with E-state index in [-0.39, 0.29) is 17.2 Å². The largest absolute Gasteiger partial charge is 0.478 e. The zero-order chi connectivity index (χ0) is 19.9. The van der Waals surface area contributed by atoms with Gasteiger partial charge in [0.15, 0.2) is 0 Å². The number of rotatable bonds is 6. The van der Waals surface area contributed by atoms with Gasteiger partial charge in [-0.2, -0.15) is 0 Å². The Bertz CT molecular complexity index is 1010. The van der Waals surface area contributed by atoms with E-state index < -0.39 is 5.97 Å². The maximum atomic E-state index is 12.5. The van der Waals surface area contributed by atoms with Crippen LogP contribution in [-0.4, -0.2) is 17.0 Å². The van der Waals surface area contributed by atoms with Gasteiger partial charge in [-0.25, -0.2) is 4.79 Å². The van der Waals surface area contributed by atoms with Gasteiger partial charge in [0.25, 0.3) is 5.91 Å². The minimum Gasteiger partial charge on any atom is -0.478 e. The van der Waals surface area contributed by atoms with Gasteiger partial charge in [-0.15, -0.1) is 0 Å². The van der Waals surface area contributed by atoms with E-state index in [1.54, 1.807) is 31.2 Å². The summed E-state index contributed by atoms with van der Waals surface area (Å²) in [6.07, 6.45) is 1.74. The molecule has 3 aromatic carbocycles. The summed E-state index contributed by atoms with van der Waals surface area (Å²) in [5, 5.41) is 12.1. The molecule has 0 aliphatic heterocycles. The van der Waals surface area contributed by atoms with Gasteiger partial charge in [-0.05, 0) is 42.8 Å². The third-order valence-electron chi connectivity index (χ3n) is 3.99. The monoisotopic (exact) mass is 373 g/mol. The predicted octanol–water partition coefficient (Wildman–Crippen LogP) is 5.22. The summed E-state index contributed by atoms with van der Waals surface area (Å²) in [6, 6.07) is 23.0. The van der Waals surface area contributed by atoms with E-state index in [9.17, 15) is 14.7 Å². The summed E-state index contributed by atoms with van der Waals surface area (Å²) in [5.74, 6) is -0.478. The maximum absolute atomic E-state index is 12.5. The van der Waals surface area contributed by atoms with E-state index in [4.69, 9.17) is 4.74 Å². The van der Waals surface area contributed by atoms with Crippen LogP contribution in [0.4, 0.5) is 5.69 Å². The second-order valence-electron chi connectivity index (χ2n) is 6.12. The van der Waals surface area contributed by atoms with Gasteiger partial charge >= 0.3 is 5.97 Å². The summed E-state index contributed by atoms with van der Waals surface area (Å²) >= 11 is 0. The number of carbonyl (C=O) groups is 2. The summed E-state index contributed by atoms with van der Waals surface area (Å²) in [6.45, 7) is 1.67. The van der Waals surface area contributed by atoms with Crippen LogP contribution in [0.1, 0.15) is 22.8 Å².